The number of rotatable bonds is 4. The first-order valence-corrected chi connectivity index (χ1v) is 6.87. The van der Waals surface area contributed by atoms with Gasteiger partial charge < -0.3 is 20.6 Å². The van der Waals surface area contributed by atoms with E-state index < -0.39 is 23.5 Å². The molecule has 0 aromatic carbocycles. The van der Waals surface area contributed by atoms with E-state index in [1.54, 1.807) is 20.8 Å². The van der Waals surface area contributed by atoms with E-state index in [1.807, 2.05) is 0 Å². The van der Waals surface area contributed by atoms with Crippen molar-refractivity contribution in [2.75, 3.05) is 6.54 Å². The highest BCUT2D eigenvalue weighted by atomic mass is 16.7. The third-order valence-corrected chi connectivity index (χ3v) is 2.05. The predicted octanol–water partition coefficient (Wildman–Crippen LogP) is 0.597. The topological polar surface area (TPSA) is 128 Å². The second-order valence-electron chi connectivity index (χ2n) is 5.68. The molecule has 3 N–H and O–H groups in total. The van der Waals surface area contributed by atoms with Crippen LogP contribution in [-0.4, -0.2) is 41.0 Å². The maximum absolute atomic E-state index is 11.4. The van der Waals surface area contributed by atoms with Crippen LogP contribution in [0.25, 0.3) is 0 Å². The average molecular weight is 329 g/mol. The van der Waals surface area contributed by atoms with Crippen LogP contribution < -0.4 is 11.1 Å². The fraction of sp³-hybridized carbons (Fsp3) is 0.571. The van der Waals surface area contributed by atoms with Crippen LogP contribution in [0.15, 0.2) is 12.3 Å². The van der Waals surface area contributed by atoms with Gasteiger partial charge in [0.15, 0.2) is 0 Å². The Hall–Kier alpha value is -2.58. The Bertz CT molecular complexity index is 475. The van der Waals surface area contributed by atoms with Gasteiger partial charge in [0.25, 0.3) is 11.8 Å². The molecule has 0 unspecified atom stereocenters. The van der Waals surface area contributed by atoms with Gasteiger partial charge in [-0.15, -0.1) is 5.06 Å². The van der Waals surface area contributed by atoms with E-state index in [2.05, 4.69) is 17.6 Å². The zero-order valence-corrected chi connectivity index (χ0v) is 13.8. The monoisotopic (exact) mass is 329 g/mol. The second kappa shape index (κ2) is 8.76. The summed E-state index contributed by atoms with van der Waals surface area (Å²) in [4.78, 5) is 48.1. The molecule has 0 atom stereocenters. The van der Waals surface area contributed by atoms with Crippen molar-refractivity contribution in [3.8, 4) is 0 Å². The number of carbonyl (C=O) groups excluding carboxylic acids is 4. The Labute approximate surface area is 134 Å². The summed E-state index contributed by atoms with van der Waals surface area (Å²) < 4.78 is 5.01. The van der Waals surface area contributed by atoms with Crippen molar-refractivity contribution in [1.82, 2.24) is 10.4 Å². The molecule has 1 heterocycles. The minimum atomic E-state index is -0.628. The number of nitrogens with two attached hydrogens (primary N) is 1. The molecule has 0 aromatic rings. The van der Waals surface area contributed by atoms with Crippen molar-refractivity contribution in [2.45, 2.75) is 46.1 Å². The molecule has 0 spiro atoms. The summed E-state index contributed by atoms with van der Waals surface area (Å²) in [6, 6.07) is 0. The molecule has 0 aromatic heterocycles. The summed E-state index contributed by atoms with van der Waals surface area (Å²) in [5.41, 5.74) is 3.87. The Morgan fingerprint density at radius 3 is 2.09 bits per heavy atom. The molecule has 1 rings (SSSR count). The molecular weight excluding hydrogens is 306 g/mol. The van der Waals surface area contributed by atoms with Gasteiger partial charge in [-0.3, -0.25) is 14.4 Å². The van der Waals surface area contributed by atoms with Gasteiger partial charge in [-0.1, -0.05) is 6.58 Å². The first kappa shape index (κ1) is 20.4. The number of nitrogens with zero attached hydrogens (tertiary/aromatic N) is 1. The zero-order valence-electron chi connectivity index (χ0n) is 13.8. The smallest absolute Gasteiger partial charge is 0.408 e. The van der Waals surface area contributed by atoms with Gasteiger partial charge in [0, 0.05) is 19.8 Å². The zero-order chi connectivity index (χ0) is 18.2. The standard InChI is InChI=1S/C12H18N2O5.C2H5NO/c1-8(7-13-11(17)18-12(2,3)4)19-14-9(15)5-6-10(14)16;1-2(3)4/h1,5-7H2,2-4H3,(H,13,17);1H3,(H2,3,4). The molecule has 9 heteroatoms. The van der Waals surface area contributed by atoms with E-state index in [-0.39, 0.29) is 31.1 Å². The van der Waals surface area contributed by atoms with Gasteiger partial charge in [-0.05, 0) is 20.8 Å². The van der Waals surface area contributed by atoms with E-state index in [4.69, 9.17) is 9.57 Å². The van der Waals surface area contributed by atoms with E-state index in [9.17, 15) is 19.2 Å². The number of hydrogen-bond donors (Lipinski definition) is 2. The van der Waals surface area contributed by atoms with Crippen LogP contribution in [0.2, 0.25) is 0 Å². The molecule has 1 saturated heterocycles. The van der Waals surface area contributed by atoms with Crippen LogP contribution in [0.1, 0.15) is 40.5 Å². The molecule has 9 nitrogen and oxygen atoms in total. The maximum Gasteiger partial charge on any atom is 0.408 e. The van der Waals surface area contributed by atoms with Gasteiger partial charge in [-0.2, -0.15) is 0 Å². The summed E-state index contributed by atoms with van der Waals surface area (Å²) in [5, 5.41) is 3.07. The summed E-state index contributed by atoms with van der Waals surface area (Å²) in [6.45, 7) is 9.98. The number of imide groups is 1. The minimum absolute atomic E-state index is 0.0496. The Morgan fingerprint density at radius 2 is 1.70 bits per heavy atom. The lowest BCUT2D eigenvalue weighted by molar-refractivity contribution is -0.176. The van der Waals surface area contributed by atoms with E-state index in [0.29, 0.717) is 5.06 Å². The van der Waals surface area contributed by atoms with Crippen LogP contribution in [0, 0.1) is 0 Å². The van der Waals surface area contributed by atoms with Gasteiger partial charge >= 0.3 is 6.09 Å². The van der Waals surface area contributed by atoms with Gasteiger partial charge in [0.1, 0.15) is 11.4 Å². The summed E-state index contributed by atoms with van der Waals surface area (Å²) in [6.07, 6.45) is -0.367. The number of amides is 4. The third kappa shape index (κ3) is 9.88. The highest BCUT2D eigenvalue weighted by molar-refractivity contribution is 6.00. The summed E-state index contributed by atoms with van der Waals surface area (Å²) >= 11 is 0. The Balaban J connectivity index is 0.00000108. The average Bonchev–Trinajstić information content (AvgIpc) is 2.65. The Kier molecular flexibility index (Phi) is 7.78. The van der Waals surface area contributed by atoms with E-state index >= 15 is 0 Å². The van der Waals surface area contributed by atoms with Gasteiger partial charge in [0.2, 0.25) is 5.91 Å². The highest BCUT2D eigenvalue weighted by Crippen LogP contribution is 2.14. The fourth-order valence-corrected chi connectivity index (χ4v) is 1.30. The first-order chi connectivity index (χ1) is 10.4. The van der Waals surface area contributed by atoms with Gasteiger partial charge in [-0.25, -0.2) is 4.79 Å². The predicted molar refractivity (Wildman–Crippen MR) is 80.4 cm³/mol. The quantitative estimate of drug-likeness (QED) is 0.574. The highest BCUT2D eigenvalue weighted by Gasteiger charge is 2.31. The molecule has 0 saturated carbocycles. The number of ether oxygens (including phenoxy) is 1. The number of hydroxylamine groups is 2. The largest absolute Gasteiger partial charge is 0.444 e. The van der Waals surface area contributed by atoms with E-state index in [1.165, 1.54) is 6.92 Å². The minimum Gasteiger partial charge on any atom is -0.444 e. The third-order valence-electron chi connectivity index (χ3n) is 2.05. The second-order valence-corrected chi connectivity index (χ2v) is 5.68. The number of hydrogen-bond acceptors (Lipinski definition) is 6. The lowest BCUT2D eigenvalue weighted by atomic mass is 10.2. The molecular formula is C14H23N3O6. The molecule has 130 valence electrons. The lowest BCUT2D eigenvalue weighted by Gasteiger charge is -2.20. The number of nitrogens with one attached hydrogen (secondary N) is 1. The number of primary amides is 1. The summed E-state index contributed by atoms with van der Waals surface area (Å²) in [7, 11) is 0. The molecule has 4 amide bonds. The van der Waals surface area contributed by atoms with Crippen LogP contribution in [0.4, 0.5) is 4.79 Å². The van der Waals surface area contributed by atoms with Gasteiger partial charge in [0.05, 0.1) is 6.54 Å². The first-order valence-electron chi connectivity index (χ1n) is 6.87. The van der Waals surface area contributed by atoms with Crippen molar-refractivity contribution < 1.29 is 28.8 Å². The molecule has 0 radical (unpaired) electrons. The molecule has 0 bridgehead atoms. The van der Waals surface area contributed by atoms with E-state index in [0.717, 1.165) is 0 Å². The van der Waals surface area contributed by atoms with Crippen molar-refractivity contribution in [1.29, 1.82) is 0 Å². The molecule has 0 aliphatic carbocycles. The molecule has 23 heavy (non-hydrogen) atoms. The van der Waals surface area contributed by atoms with Crippen molar-refractivity contribution in [2.24, 2.45) is 5.73 Å². The van der Waals surface area contributed by atoms with Crippen LogP contribution in [0.3, 0.4) is 0 Å². The van der Waals surface area contributed by atoms with Crippen LogP contribution in [0.5, 0.6) is 0 Å². The van der Waals surface area contributed by atoms with Crippen molar-refractivity contribution in [3.63, 3.8) is 0 Å². The lowest BCUT2D eigenvalue weighted by Crippen LogP contribution is -2.35. The molecule has 1 aliphatic rings. The fourth-order valence-electron chi connectivity index (χ4n) is 1.30. The summed E-state index contributed by atoms with van der Waals surface area (Å²) in [5.74, 6) is -1.08. The molecule has 1 aliphatic heterocycles. The van der Waals surface area contributed by atoms with Crippen molar-refractivity contribution >= 4 is 23.8 Å². The van der Waals surface area contributed by atoms with Crippen LogP contribution >= 0.6 is 0 Å². The maximum atomic E-state index is 11.4. The van der Waals surface area contributed by atoms with Crippen molar-refractivity contribution in [3.05, 3.63) is 12.3 Å². The normalized spacial score (nSPS) is 13.8. The number of alkyl carbamates (subject to hydrolysis) is 1. The van der Waals surface area contributed by atoms with Crippen LogP contribution in [-0.2, 0) is 24.0 Å². The molecule has 1 fully saturated rings. The Morgan fingerprint density at radius 1 is 1.26 bits per heavy atom. The number of carbonyl (C=O) groups is 4. The SMILES string of the molecule is C=C(CNC(=O)OC(C)(C)C)ON1C(=O)CCC1=O.CC(N)=O.